The van der Waals surface area contributed by atoms with Crippen LogP contribution in [0, 0.1) is 0 Å². The molecule has 26 heavy (non-hydrogen) atoms. The van der Waals surface area contributed by atoms with Gasteiger partial charge in [-0.2, -0.15) is 0 Å². The predicted octanol–water partition coefficient (Wildman–Crippen LogP) is 3.57. The number of methoxy groups -OCH3 is 2. The number of ketones is 1. The van der Waals surface area contributed by atoms with Gasteiger partial charge in [0.05, 0.1) is 25.3 Å². The SMILES string of the molecule is CCC(=O)C(Cc1ccc(C(=O)OC)cc1)c1ccc(C(=O)OC)cc1. The molecular formula is C21H22O5. The molecule has 0 aliphatic heterocycles. The van der Waals surface area contributed by atoms with Crippen molar-refractivity contribution in [3.05, 3.63) is 70.8 Å². The average Bonchev–Trinajstić information content (AvgIpc) is 2.70. The maximum Gasteiger partial charge on any atom is 0.337 e. The Morgan fingerprint density at radius 3 is 1.69 bits per heavy atom. The van der Waals surface area contributed by atoms with Crippen LogP contribution in [-0.4, -0.2) is 31.9 Å². The van der Waals surface area contributed by atoms with Crippen molar-refractivity contribution in [3.8, 4) is 0 Å². The van der Waals surface area contributed by atoms with Crippen LogP contribution in [0.5, 0.6) is 0 Å². The summed E-state index contributed by atoms with van der Waals surface area (Å²) in [4.78, 5) is 35.5. The van der Waals surface area contributed by atoms with Gasteiger partial charge in [0.2, 0.25) is 0 Å². The maximum atomic E-state index is 12.4. The van der Waals surface area contributed by atoms with Gasteiger partial charge >= 0.3 is 11.9 Å². The molecule has 0 saturated carbocycles. The van der Waals surface area contributed by atoms with Gasteiger partial charge in [0.25, 0.3) is 0 Å². The average molecular weight is 354 g/mol. The van der Waals surface area contributed by atoms with E-state index in [-0.39, 0.29) is 11.7 Å². The third-order valence-electron chi connectivity index (χ3n) is 4.29. The third-order valence-corrected chi connectivity index (χ3v) is 4.29. The van der Waals surface area contributed by atoms with Gasteiger partial charge in [0.15, 0.2) is 0 Å². The van der Waals surface area contributed by atoms with Crippen LogP contribution in [0.3, 0.4) is 0 Å². The standard InChI is InChI=1S/C21H22O5/c1-4-19(22)18(15-9-11-17(12-10-15)21(24)26-3)13-14-5-7-16(8-6-14)20(23)25-2/h5-12,18H,4,13H2,1-3H3. The molecule has 0 fully saturated rings. The second-order valence-corrected chi connectivity index (χ2v) is 5.88. The molecule has 5 heteroatoms. The lowest BCUT2D eigenvalue weighted by Gasteiger charge is -2.16. The van der Waals surface area contributed by atoms with Gasteiger partial charge in [0.1, 0.15) is 5.78 Å². The van der Waals surface area contributed by atoms with E-state index >= 15 is 0 Å². The fraction of sp³-hybridized carbons (Fsp3) is 0.286. The Kier molecular flexibility index (Phi) is 6.67. The minimum absolute atomic E-state index is 0.118. The highest BCUT2D eigenvalue weighted by atomic mass is 16.5. The molecule has 0 N–H and O–H groups in total. The summed E-state index contributed by atoms with van der Waals surface area (Å²) in [6, 6.07) is 13.9. The van der Waals surface area contributed by atoms with Gasteiger partial charge in [-0.1, -0.05) is 31.2 Å². The van der Waals surface area contributed by atoms with E-state index in [4.69, 9.17) is 9.47 Å². The van der Waals surface area contributed by atoms with Crippen LogP contribution in [0.2, 0.25) is 0 Å². The largest absolute Gasteiger partial charge is 0.465 e. The topological polar surface area (TPSA) is 69.7 Å². The molecule has 2 rings (SSSR count). The van der Waals surface area contributed by atoms with Crippen LogP contribution in [0.15, 0.2) is 48.5 Å². The van der Waals surface area contributed by atoms with E-state index in [0.29, 0.717) is 24.0 Å². The van der Waals surface area contributed by atoms with Crippen molar-refractivity contribution in [1.82, 2.24) is 0 Å². The summed E-state index contributed by atoms with van der Waals surface area (Å²) in [5.41, 5.74) is 2.71. The van der Waals surface area contributed by atoms with Crippen LogP contribution in [-0.2, 0) is 20.7 Å². The molecule has 2 aromatic carbocycles. The molecule has 0 saturated heterocycles. The first-order valence-electron chi connectivity index (χ1n) is 8.38. The summed E-state index contributed by atoms with van der Waals surface area (Å²) in [5, 5.41) is 0. The molecule has 0 heterocycles. The molecule has 136 valence electrons. The maximum absolute atomic E-state index is 12.4. The van der Waals surface area contributed by atoms with Crippen molar-refractivity contribution >= 4 is 17.7 Å². The molecule has 2 aromatic rings. The van der Waals surface area contributed by atoms with Gasteiger partial charge in [-0.05, 0) is 41.8 Å². The van der Waals surface area contributed by atoms with Crippen molar-refractivity contribution in [2.75, 3.05) is 14.2 Å². The van der Waals surface area contributed by atoms with Crippen molar-refractivity contribution < 1.29 is 23.9 Å². The lowest BCUT2D eigenvalue weighted by Crippen LogP contribution is -2.15. The number of benzene rings is 2. The van der Waals surface area contributed by atoms with E-state index in [1.54, 1.807) is 36.4 Å². The summed E-state index contributed by atoms with van der Waals surface area (Å²) in [5.74, 6) is -0.993. The molecule has 1 atom stereocenters. The van der Waals surface area contributed by atoms with Gasteiger partial charge < -0.3 is 9.47 Å². The zero-order valence-corrected chi connectivity index (χ0v) is 15.2. The first-order valence-corrected chi connectivity index (χ1v) is 8.38. The normalized spacial score (nSPS) is 11.5. The number of esters is 2. The molecule has 0 radical (unpaired) electrons. The van der Waals surface area contributed by atoms with Crippen LogP contribution in [0.25, 0.3) is 0 Å². The number of hydrogen-bond donors (Lipinski definition) is 0. The first-order chi connectivity index (χ1) is 12.5. The minimum atomic E-state index is -0.409. The Hall–Kier alpha value is -2.95. The summed E-state index contributed by atoms with van der Waals surface area (Å²) < 4.78 is 9.39. The third kappa shape index (κ3) is 4.57. The fourth-order valence-corrected chi connectivity index (χ4v) is 2.76. The number of carbonyl (C=O) groups excluding carboxylic acids is 3. The van der Waals surface area contributed by atoms with E-state index in [9.17, 15) is 14.4 Å². The van der Waals surface area contributed by atoms with E-state index in [0.717, 1.165) is 11.1 Å². The first kappa shape index (κ1) is 19.4. The van der Waals surface area contributed by atoms with Gasteiger partial charge in [-0.25, -0.2) is 9.59 Å². The molecular weight excluding hydrogens is 332 g/mol. The molecule has 0 aromatic heterocycles. The lowest BCUT2D eigenvalue weighted by atomic mass is 9.87. The smallest absolute Gasteiger partial charge is 0.337 e. The van der Waals surface area contributed by atoms with Gasteiger partial charge in [-0.3, -0.25) is 4.79 Å². The molecule has 5 nitrogen and oxygen atoms in total. The minimum Gasteiger partial charge on any atom is -0.465 e. The molecule has 0 bridgehead atoms. The number of hydrogen-bond acceptors (Lipinski definition) is 5. The highest BCUT2D eigenvalue weighted by Crippen LogP contribution is 2.24. The summed E-state index contributed by atoms with van der Waals surface area (Å²) >= 11 is 0. The molecule has 1 unspecified atom stereocenters. The van der Waals surface area contributed by atoms with Crippen LogP contribution in [0.1, 0.15) is 51.1 Å². The van der Waals surface area contributed by atoms with Crippen molar-refractivity contribution in [3.63, 3.8) is 0 Å². The zero-order chi connectivity index (χ0) is 19.1. The number of carbonyl (C=O) groups is 3. The molecule has 0 spiro atoms. The summed E-state index contributed by atoms with van der Waals surface area (Å²) in [7, 11) is 2.67. The second kappa shape index (κ2) is 8.94. The Balaban J connectivity index is 2.24. The lowest BCUT2D eigenvalue weighted by molar-refractivity contribution is -0.120. The van der Waals surface area contributed by atoms with Crippen molar-refractivity contribution in [2.24, 2.45) is 0 Å². The summed E-state index contributed by atoms with van der Waals surface area (Å²) in [6.45, 7) is 1.83. The predicted molar refractivity (Wildman–Crippen MR) is 97.3 cm³/mol. The van der Waals surface area contributed by atoms with E-state index in [1.807, 2.05) is 19.1 Å². The molecule has 0 aliphatic rings. The van der Waals surface area contributed by atoms with Crippen LogP contribution >= 0.6 is 0 Å². The zero-order valence-electron chi connectivity index (χ0n) is 15.2. The second-order valence-electron chi connectivity index (χ2n) is 5.88. The van der Waals surface area contributed by atoms with E-state index in [1.165, 1.54) is 14.2 Å². The monoisotopic (exact) mass is 354 g/mol. The quantitative estimate of drug-likeness (QED) is 0.711. The Labute approximate surface area is 152 Å². The Morgan fingerprint density at radius 2 is 1.27 bits per heavy atom. The van der Waals surface area contributed by atoms with Crippen molar-refractivity contribution in [2.45, 2.75) is 25.7 Å². The highest BCUT2D eigenvalue weighted by molar-refractivity contribution is 5.90. The summed E-state index contributed by atoms with van der Waals surface area (Å²) in [6.07, 6.45) is 0.940. The van der Waals surface area contributed by atoms with Crippen molar-refractivity contribution in [1.29, 1.82) is 0 Å². The Bertz CT molecular complexity index is 775. The Morgan fingerprint density at radius 1 is 0.808 bits per heavy atom. The number of rotatable bonds is 7. The fourth-order valence-electron chi connectivity index (χ4n) is 2.76. The van der Waals surface area contributed by atoms with Gasteiger partial charge in [-0.15, -0.1) is 0 Å². The van der Waals surface area contributed by atoms with Gasteiger partial charge in [0, 0.05) is 12.3 Å². The van der Waals surface area contributed by atoms with E-state index in [2.05, 4.69) is 0 Å². The molecule has 0 aliphatic carbocycles. The number of Topliss-reactive ketones (excluding diaryl/α,β-unsaturated/α-hetero) is 1. The van der Waals surface area contributed by atoms with Crippen LogP contribution < -0.4 is 0 Å². The highest BCUT2D eigenvalue weighted by Gasteiger charge is 2.20. The molecule has 0 amide bonds. The van der Waals surface area contributed by atoms with Crippen LogP contribution in [0.4, 0.5) is 0 Å². The van der Waals surface area contributed by atoms with E-state index < -0.39 is 11.9 Å². The number of ether oxygens (including phenoxy) is 2.